The average Bonchev–Trinajstić information content (AvgIpc) is 3.55. The van der Waals surface area contributed by atoms with Crippen LogP contribution in [0.3, 0.4) is 0 Å². The molecule has 2 N–H and O–H groups in total. The van der Waals surface area contributed by atoms with Crippen molar-refractivity contribution in [1.29, 1.82) is 0 Å². The molecule has 0 aliphatic heterocycles. The molecule has 2 aliphatic rings. The van der Waals surface area contributed by atoms with Crippen LogP contribution < -0.4 is 5.32 Å². The van der Waals surface area contributed by atoms with Gasteiger partial charge in [0.05, 0.1) is 6.42 Å². The molecule has 4 aromatic rings. The molecule has 6 rings (SSSR count). The summed E-state index contributed by atoms with van der Waals surface area (Å²) in [5.41, 5.74) is 5.66. The minimum absolute atomic E-state index is 0.0292. The van der Waals surface area contributed by atoms with E-state index in [9.17, 15) is 9.59 Å². The van der Waals surface area contributed by atoms with Crippen molar-refractivity contribution in [1.82, 2.24) is 5.32 Å². The molecule has 0 saturated heterocycles. The predicted molar refractivity (Wildman–Crippen MR) is 147 cm³/mol. The summed E-state index contributed by atoms with van der Waals surface area (Å²) in [4.78, 5) is 23.2. The van der Waals surface area contributed by atoms with Crippen molar-refractivity contribution in [2.45, 2.75) is 37.5 Å². The van der Waals surface area contributed by atoms with Crippen LogP contribution in [0.4, 0.5) is 0 Å². The van der Waals surface area contributed by atoms with Crippen LogP contribution in [0, 0.1) is 11.8 Å². The Morgan fingerprint density at radius 2 is 1.54 bits per heavy atom. The lowest BCUT2D eigenvalue weighted by molar-refractivity contribution is -0.136. The van der Waals surface area contributed by atoms with Crippen LogP contribution in [-0.4, -0.2) is 23.5 Å². The van der Waals surface area contributed by atoms with Crippen LogP contribution in [0.1, 0.15) is 53.6 Å². The van der Waals surface area contributed by atoms with Gasteiger partial charge in [0.15, 0.2) is 0 Å². The maximum absolute atomic E-state index is 12.5. The Morgan fingerprint density at radius 3 is 2.22 bits per heavy atom. The molecule has 0 heterocycles. The summed E-state index contributed by atoms with van der Waals surface area (Å²) < 4.78 is 0. The van der Waals surface area contributed by atoms with Gasteiger partial charge in [0.25, 0.3) is 5.91 Å². The molecular formula is C33H31NO3. The van der Waals surface area contributed by atoms with E-state index in [1.807, 2.05) is 12.1 Å². The Labute approximate surface area is 217 Å². The third-order valence-electron chi connectivity index (χ3n) is 8.64. The van der Waals surface area contributed by atoms with Crippen LogP contribution in [0.15, 0.2) is 91.0 Å². The summed E-state index contributed by atoms with van der Waals surface area (Å²) in [7, 11) is 0. The van der Waals surface area contributed by atoms with E-state index in [2.05, 4.69) is 84.2 Å². The van der Waals surface area contributed by atoms with Gasteiger partial charge in [0, 0.05) is 17.5 Å². The van der Waals surface area contributed by atoms with Gasteiger partial charge in [-0.25, -0.2) is 0 Å². The normalized spacial score (nSPS) is 22.3. The molecule has 1 amide bonds. The summed E-state index contributed by atoms with van der Waals surface area (Å²) in [6.07, 6.45) is 4.89. The number of carbonyl (C=O) groups is 2. The van der Waals surface area contributed by atoms with E-state index in [0.29, 0.717) is 11.5 Å². The Morgan fingerprint density at radius 1 is 0.838 bits per heavy atom. The molecule has 0 spiro atoms. The third-order valence-corrected chi connectivity index (χ3v) is 8.64. The fraction of sp³-hybridized carbons (Fsp3) is 0.273. The van der Waals surface area contributed by atoms with Gasteiger partial charge in [-0.2, -0.15) is 0 Å². The largest absolute Gasteiger partial charge is 0.481 e. The van der Waals surface area contributed by atoms with Crippen LogP contribution in [0.2, 0.25) is 0 Å². The molecule has 186 valence electrons. The molecule has 4 aromatic carbocycles. The van der Waals surface area contributed by atoms with E-state index >= 15 is 0 Å². The first-order valence-electron chi connectivity index (χ1n) is 13.2. The second-order valence-corrected chi connectivity index (χ2v) is 10.6. The van der Waals surface area contributed by atoms with Crippen molar-refractivity contribution in [3.05, 3.63) is 108 Å². The smallest absolute Gasteiger partial charge is 0.305 e. The number of hydrogen-bond acceptors (Lipinski definition) is 2. The second kappa shape index (κ2) is 9.51. The number of carbonyl (C=O) groups excluding carboxylic acids is 1. The number of hydrogen-bond donors (Lipinski definition) is 2. The number of carboxylic acids is 1. The third kappa shape index (κ3) is 4.21. The lowest BCUT2D eigenvalue weighted by Gasteiger charge is -2.39. The van der Waals surface area contributed by atoms with Crippen molar-refractivity contribution in [2.75, 3.05) is 6.54 Å². The molecular weight excluding hydrogens is 458 g/mol. The van der Waals surface area contributed by atoms with Gasteiger partial charge in [0.2, 0.25) is 0 Å². The first-order chi connectivity index (χ1) is 18.0. The van der Waals surface area contributed by atoms with E-state index < -0.39 is 5.97 Å². The van der Waals surface area contributed by atoms with E-state index in [1.54, 1.807) is 0 Å². The Balaban J connectivity index is 1.32. The summed E-state index contributed by atoms with van der Waals surface area (Å²) in [6.45, 7) is 0.132. The van der Waals surface area contributed by atoms with E-state index in [4.69, 9.17) is 5.11 Å². The lowest BCUT2D eigenvalue weighted by Crippen LogP contribution is -2.34. The number of carboxylic acid groups (broad SMARTS) is 1. The molecule has 2 saturated carbocycles. The van der Waals surface area contributed by atoms with Gasteiger partial charge in [0.1, 0.15) is 0 Å². The molecule has 37 heavy (non-hydrogen) atoms. The van der Waals surface area contributed by atoms with Crippen molar-refractivity contribution < 1.29 is 14.7 Å². The maximum atomic E-state index is 12.5. The van der Waals surface area contributed by atoms with Gasteiger partial charge in [-0.1, -0.05) is 85.3 Å². The van der Waals surface area contributed by atoms with Crippen LogP contribution in [0.25, 0.3) is 21.9 Å². The summed E-state index contributed by atoms with van der Waals surface area (Å²) in [5.74, 6) is 0.215. The SMILES string of the molecule is O=C(O)CCNC(=O)c1ccc(C2(c3ccc(-c4cccc5ccccc45)cc3)CC3CCC2C3)cc1. The summed E-state index contributed by atoms with van der Waals surface area (Å²) >= 11 is 0. The van der Waals surface area contributed by atoms with Gasteiger partial charge in [-0.05, 0) is 76.3 Å². The Kier molecular flexibility index (Phi) is 6.03. The molecule has 4 heteroatoms. The van der Waals surface area contributed by atoms with Crippen LogP contribution in [0.5, 0.6) is 0 Å². The predicted octanol–water partition coefficient (Wildman–Crippen LogP) is 6.82. The number of rotatable bonds is 7. The highest BCUT2D eigenvalue weighted by atomic mass is 16.4. The zero-order valence-corrected chi connectivity index (χ0v) is 20.8. The number of amides is 1. The minimum atomic E-state index is -0.916. The zero-order valence-electron chi connectivity index (χ0n) is 20.8. The monoisotopic (exact) mass is 489 g/mol. The number of benzene rings is 4. The zero-order chi connectivity index (χ0) is 25.4. The van der Waals surface area contributed by atoms with Crippen molar-refractivity contribution in [3.8, 4) is 11.1 Å². The molecule has 0 aromatic heterocycles. The number of fused-ring (bicyclic) bond motifs is 3. The van der Waals surface area contributed by atoms with Gasteiger partial charge in [-0.3, -0.25) is 9.59 Å². The van der Waals surface area contributed by atoms with Crippen molar-refractivity contribution in [2.24, 2.45) is 11.8 Å². The quantitative estimate of drug-likeness (QED) is 0.299. The molecule has 4 nitrogen and oxygen atoms in total. The standard InChI is InChI=1S/C33H31NO3/c35-31(36)18-19-34-32(37)25-11-16-27(17-12-25)33(21-22-8-13-28(33)20-22)26-14-9-24(10-15-26)30-7-3-5-23-4-1-2-6-29(23)30/h1-7,9-12,14-17,22,28H,8,13,18-21H2,(H,34,37)(H,35,36). The van der Waals surface area contributed by atoms with Crippen molar-refractivity contribution >= 4 is 22.6 Å². The highest BCUT2D eigenvalue weighted by molar-refractivity contribution is 5.96. The average molecular weight is 490 g/mol. The topological polar surface area (TPSA) is 66.4 Å². The van der Waals surface area contributed by atoms with E-state index in [-0.39, 0.29) is 24.3 Å². The van der Waals surface area contributed by atoms with E-state index in [1.165, 1.54) is 52.3 Å². The van der Waals surface area contributed by atoms with E-state index in [0.717, 1.165) is 12.3 Å². The second-order valence-electron chi connectivity index (χ2n) is 10.6. The highest BCUT2D eigenvalue weighted by Gasteiger charge is 2.52. The Bertz CT molecular complexity index is 1450. The number of nitrogens with one attached hydrogen (secondary N) is 1. The van der Waals surface area contributed by atoms with Gasteiger partial charge >= 0.3 is 5.97 Å². The molecule has 3 unspecified atom stereocenters. The molecule has 2 aliphatic carbocycles. The fourth-order valence-electron chi connectivity index (χ4n) is 6.93. The first kappa shape index (κ1) is 23.5. The first-order valence-corrected chi connectivity index (χ1v) is 13.2. The number of aliphatic carboxylic acids is 1. The molecule has 0 radical (unpaired) electrons. The highest BCUT2D eigenvalue weighted by Crippen LogP contribution is 2.60. The minimum Gasteiger partial charge on any atom is -0.481 e. The van der Waals surface area contributed by atoms with Crippen LogP contribution >= 0.6 is 0 Å². The molecule has 2 bridgehead atoms. The van der Waals surface area contributed by atoms with Gasteiger partial charge in [-0.15, -0.1) is 0 Å². The summed E-state index contributed by atoms with van der Waals surface area (Å²) in [6, 6.07) is 32.2. The van der Waals surface area contributed by atoms with Crippen molar-refractivity contribution in [3.63, 3.8) is 0 Å². The fourth-order valence-corrected chi connectivity index (χ4v) is 6.93. The molecule has 3 atom stereocenters. The maximum Gasteiger partial charge on any atom is 0.305 e. The molecule has 2 fully saturated rings. The van der Waals surface area contributed by atoms with Gasteiger partial charge < -0.3 is 10.4 Å². The Hall–Kier alpha value is -3.92. The lowest BCUT2D eigenvalue weighted by atomic mass is 9.64. The van der Waals surface area contributed by atoms with Crippen LogP contribution in [-0.2, 0) is 10.2 Å². The summed E-state index contributed by atoms with van der Waals surface area (Å²) in [5, 5.41) is 14.0.